The van der Waals surface area contributed by atoms with Gasteiger partial charge >= 0.3 is 0 Å². The molecule has 2 rings (SSSR count). The van der Waals surface area contributed by atoms with Gasteiger partial charge in [-0.3, -0.25) is 9.89 Å². The Kier molecular flexibility index (Phi) is 3.42. The number of aryl methyl sites for hydroxylation is 1. The van der Waals surface area contributed by atoms with Crippen LogP contribution in [0, 0.1) is 6.92 Å². The van der Waals surface area contributed by atoms with E-state index in [9.17, 15) is 4.79 Å². The summed E-state index contributed by atoms with van der Waals surface area (Å²) in [6, 6.07) is 9.58. The fourth-order valence-corrected chi connectivity index (χ4v) is 1.97. The molecule has 100 valence electrons. The topological polar surface area (TPSA) is 57.8 Å². The molecule has 2 aromatic rings. The van der Waals surface area contributed by atoms with Gasteiger partial charge in [-0.25, -0.2) is 0 Å². The van der Waals surface area contributed by atoms with Gasteiger partial charge in [0.15, 0.2) is 5.69 Å². The summed E-state index contributed by atoms with van der Waals surface area (Å²) in [5.74, 6) is -0.193. The molecular weight excluding hydrogens is 238 g/mol. The predicted octanol–water partition coefficient (Wildman–Crippen LogP) is 3.27. The van der Waals surface area contributed by atoms with Crippen molar-refractivity contribution in [2.24, 2.45) is 0 Å². The molecule has 0 saturated carbocycles. The molecular formula is C15H19N3O. The molecule has 0 aliphatic carbocycles. The Balaban J connectivity index is 2.27. The predicted molar refractivity (Wildman–Crippen MR) is 76.4 cm³/mol. The third-order valence-electron chi connectivity index (χ3n) is 2.92. The average molecular weight is 257 g/mol. The highest BCUT2D eigenvalue weighted by Crippen LogP contribution is 2.29. The average Bonchev–Trinajstić information content (AvgIpc) is 2.75. The number of nitrogens with one attached hydrogen (secondary N) is 2. The molecule has 0 atom stereocenters. The Morgan fingerprint density at radius 1 is 1.26 bits per heavy atom. The van der Waals surface area contributed by atoms with E-state index in [1.807, 2.05) is 31.2 Å². The summed E-state index contributed by atoms with van der Waals surface area (Å²) in [6.45, 7) is 8.23. The van der Waals surface area contributed by atoms with E-state index < -0.39 is 0 Å². The minimum atomic E-state index is -0.193. The van der Waals surface area contributed by atoms with Crippen molar-refractivity contribution in [2.45, 2.75) is 33.1 Å². The molecule has 0 radical (unpaired) electrons. The van der Waals surface area contributed by atoms with Gasteiger partial charge in [-0.2, -0.15) is 5.10 Å². The molecule has 0 aliphatic rings. The molecule has 19 heavy (non-hydrogen) atoms. The molecule has 0 spiro atoms. The molecule has 0 bridgehead atoms. The monoisotopic (exact) mass is 257 g/mol. The van der Waals surface area contributed by atoms with Crippen molar-refractivity contribution >= 4 is 11.6 Å². The molecule has 4 heteroatoms. The summed E-state index contributed by atoms with van der Waals surface area (Å²) in [4.78, 5) is 12.1. The Morgan fingerprint density at radius 3 is 2.53 bits per heavy atom. The first-order valence-electron chi connectivity index (χ1n) is 6.31. The maximum absolute atomic E-state index is 12.1. The van der Waals surface area contributed by atoms with Gasteiger partial charge in [-0.1, -0.05) is 39.0 Å². The van der Waals surface area contributed by atoms with Crippen LogP contribution in [0.4, 0.5) is 5.69 Å². The van der Waals surface area contributed by atoms with Crippen LogP contribution < -0.4 is 5.32 Å². The summed E-state index contributed by atoms with van der Waals surface area (Å²) in [5, 5.41) is 9.66. The lowest BCUT2D eigenvalue weighted by molar-refractivity contribution is 0.102. The van der Waals surface area contributed by atoms with E-state index in [-0.39, 0.29) is 11.3 Å². The van der Waals surface area contributed by atoms with Crippen LogP contribution in [-0.4, -0.2) is 16.1 Å². The van der Waals surface area contributed by atoms with Crippen molar-refractivity contribution in [3.05, 3.63) is 47.3 Å². The molecule has 0 saturated heterocycles. The number of carbonyl (C=O) groups excluding carboxylic acids is 1. The molecule has 4 nitrogen and oxygen atoms in total. The maximum Gasteiger partial charge on any atom is 0.276 e. The smallest absolute Gasteiger partial charge is 0.276 e. The standard InChI is InChI=1S/C15H19N3O/c1-10-9-13(18-17-10)14(19)16-12-8-6-5-7-11(12)15(2,3)4/h5-9H,1-4H3,(H,16,19)(H,17,18). The minimum Gasteiger partial charge on any atom is -0.320 e. The number of carbonyl (C=O) groups is 1. The van der Waals surface area contributed by atoms with Gasteiger partial charge in [-0.15, -0.1) is 0 Å². The molecule has 0 aliphatic heterocycles. The second kappa shape index (κ2) is 4.88. The fraction of sp³-hybridized carbons (Fsp3) is 0.333. The van der Waals surface area contributed by atoms with E-state index in [0.717, 1.165) is 16.9 Å². The lowest BCUT2D eigenvalue weighted by Crippen LogP contribution is -2.18. The van der Waals surface area contributed by atoms with Crippen LogP contribution in [0.5, 0.6) is 0 Å². The first kappa shape index (κ1) is 13.3. The van der Waals surface area contributed by atoms with E-state index in [4.69, 9.17) is 0 Å². The number of rotatable bonds is 2. The second-order valence-corrected chi connectivity index (χ2v) is 5.69. The van der Waals surface area contributed by atoms with Crippen LogP contribution >= 0.6 is 0 Å². The number of benzene rings is 1. The van der Waals surface area contributed by atoms with Gasteiger partial charge in [0.05, 0.1) is 0 Å². The first-order valence-corrected chi connectivity index (χ1v) is 6.31. The van der Waals surface area contributed by atoms with E-state index in [1.165, 1.54) is 0 Å². The highest BCUT2D eigenvalue weighted by atomic mass is 16.1. The molecule has 2 N–H and O–H groups in total. The van der Waals surface area contributed by atoms with Crippen molar-refractivity contribution in [1.82, 2.24) is 10.2 Å². The van der Waals surface area contributed by atoms with E-state index in [0.29, 0.717) is 5.69 Å². The summed E-state index contributed by atoms with van der Waals surface area (Å²) in [5.41, 5.74) is 3.19. The third kappa shape index (κ3) is 3.02. The van der Waals surface area contributed by atoms with Crippen molar-refractivity contribution < 1.29 is 4.79 Å². The third-order valence-corrected chi connectivity index (χ3v) is 2.92. The summed E-state index contributed by atoms with van der Waals surface area (Å²) >= 11 is 0. The number of hydrogen-bond donors (Lipinski definition) is 2. The SMILES string of the molecule is Cc1cc(C(=O)Nc2ccccc2C(C)(C)C)n[nH]1. The Hall–Kier alpha value is -2.10. The maximum atomic E-state index is 12.1. The van der Waals surface area contributed by atoms with Gasteiger partial charge in [0.25, 0.3) is 5.91 Å². The van der Waals surface area contributed by atoms with Crippen molar-refractivity contribution in [3.8, 4) is 0 Å². The highest BCUT2D eigenvalue weighted by Gasteiger charge is 2.19. The van der Waals surface area contributed by atoms with Crippen LogP contribution in [-0.2, 0) is 5.41 Å². The summed E-state index contributed by atoms with van der Waals surface area (Å²) in [6.07, 6.45) is 0. The van der Waals surface area contributed by atoms with Gasteiger partial charge in [-0.05, 0) is 30.0 Å². The number of aromatic amines is 1. The van der Waals surface area contributed by atoms with Gasteiger partial charge in [0, 0.05) is 11.4 Å². The lowest BCUT2D eigenvalue weighted by Gasteiger charge is -2.22. The molecule has 0 unspecified atom stereocenters. The minimum absolute atomic E-state index is 0.0225. The van der Waals surface area contributed by atoms with E-state index >= 15 is 0 Å². The number of para-hydroxylation sites is 1. The van der Waals surface area contributed by atoms with Crippen LogP contribution in [0.3, 0.4) is 0 Å². The summed E-state index contributed by atoms with van der Waals surface area (Å²) < 4.78 is 0. The molecule has 1 aromatic heterocycles. The van der Waals surface area contributed by atoms with Crippen molar-refractivity contribution in [2.75, 3.05) is 5.32 Å². The van der Waals surface area contributed by atoms with Crippen molar-refractivity contribution in [3.63, 3.8) is 0 Å². The fourth-order valence-electron chi connectivity index (χ4n) is 1.97. The van der Waals surface area contributed by atoms with Gasteiger partial charge < -0.3 is 5.32 Å². The zero-order chi connectivity index (χ0) is 14.0. The number of anilines is 1. The number of nitrogens with zero attached hydrogens (tertiary/aromatic N) is 1. The van der Waals surface area contributed by atoms with E-state index in [1.54, 1.807) is 6.07 Å². The van der Waals surface area contributed by atoms with Gasteiger partial charge in [0.1, 0.15) is 0 Å². The zero-order valence-electron chi connectivity index (χ0n) is 11.7. The number of hydrogen-bond acceptors (Lipinski definition) is 2. The Bertz CT molecular complexity index is 593. The van der Waals surface area contributed by atoms with E-state index in [2.05, 4.69) is 36.3 Å². The number of amides is 1. The van der Waals surface area contributed by atoms with Gasteiger partial charge in [0.2, 0.25) is 0 Å². The largest absolute Gasteiger partial charge is 0.320 e. The number of H-pyrrole nitrogens is 1. The second-order valence-electron chi connectivity index (χ2n) is 5.69. The zero-order valence-corrected chi connectivity index (χ0v) is 11.7. The van der Waals surface area contributed by atoms with Crippen LogP contribution in [0.25, 0.3) is 0 Å². The first-order chi connectivity index (χ1) is 8.88. The molecule has 1 aromatic carbocycles. The molecule has 0 fully saturated rings. The van der Waals surface area contributed by atoms with Crippen LogP contribution in [0.2, 0.25) is 0 Å². The normalized spacial score (nSPS) is 11.4. The highest BCUT2D eigenvalue weighted by molar-refractivity contribution is 6.03. The number of aromatic nitrogens is 2. The lowest BCUT2D eigenvalue weighted by atomic mass is 9.86. The van der Waals surface area contributed by atoms with Crippen molar-refractivity contribution in [1.29, 1.82) is 0 Å². The Morgan fingerprint density at radius 2 is 1.95 bits per heavy atom. The van der Waals surface area contributed by atoms with Crippen LogP contribution in [0.15, 0.2) is 30.3 Å². The summed E-state index contributed by atoms with van der Waals surface area (Å²) in [7, 11) is 0. The van der Waals surface area contributed by atoms with Crippen LogP contribution in [0.1, 0.15) is 42.5 Å². The molecule has 1 amide bonds. The molecule has 1 heterocycles. The Labute approximate surface area is 113 Å². The quantitative estimate of drug-likeness (QED) is 0.867.